The van der Waals surface area contributed by atoms with Gasteiger partial charge in [0.25, 0.3) is 0 Å². The van der Waals surface area contributed by atoms with Gasteiger partial charge in [0.2, 0.25) is 10.0 Å². The molecule has 0 saturated carbocycles. The van der Waals surface area contributed by atoms with Crippen molar-refractivity contribution in [3.63, 3.8) is 0 Å². The Labute approximate surface area is 125 Å². The summed E-state index contributed by atoms with van der Waals surface area (Å²) in [6.45, 7) is 4.40. The lowest BCUT2D eigenvalue weighted by molar-refractivity contribution is 0.242. The molecule has 1 aliphatic heterocycles. The summed E-state index contributed by atoms with van der Waals surface area (Å²) >= 11 is 1.54. The molecule has 5 nitrogen and oxygen atoms in total. The Bertz CT molecular complexity index is 554. The highest BCUT2D eigenvalue weighted by Crippen LogP contribution is 2.26. The second-order valence-corrected chi connectivity index (χ2v) is 8.41. The number of hydrogen-bond donors (Lipinski definition) is 2. The van der Waals surface area contributed by atoms with Crippen molar-refractivity contribution in [3.8, 4) is 0 Å². The Balaban J connectivity index is 2.13. The van der Waals surface area contributed by atoms with Gasteiger partial charge in [-0.05, 0) is 46.5 Å². The lowest BCUT2D eigenvalue weighted by Gasteiger charge is -2.29. The van der Waals surface area contributed by atoms with Gasteiger partial charge in [-0.25, -0.2) is 13.1 Å². The van der Waals surface area contributed by atoms with E-state index in [1.165, 1.54) is 11.3 Å². The number of thiophene rings is 1. The molecule has 114 valence electrons. The second-order valence-electron chi connectivity index (χ2n) is 5.39. The second kappa shape index (κ2) is 6.53. The third-order valence-corrected chi connectivity index (χ3v) is 6.34. The fourth-order valence-corrected chi connectivity index (χ4v) is 5.51. The highest BCUT2D eigenvalue weighted by atomic mass is 32.2. The van der Waals surface area contributed by atoms with E-state index in [4.69, 9.17) is 0 Å². The summed E-state index contributed by atoms with van der Waals surface area (Å²) in [6, 6.07) is 1.80. The monoisotopic (exact) mass is 317 g/mol. The highest BCUT2D eigenvalue weighted by Gasteiger charge is 2.26. The number of likely N-dealkylation sites (tertiary alicyclic amines) is 1. The molecule has 1 aromatic rings. The molecular weight excluding hydrogens is 294 g/mol. The van der Waals surface area contributed by atoms with E-state index in [0.29, 0.717) is 11.4 Å². The lowest BCUT2D eigenvalue weighted by atomic mass is 10.1. The van der Waals surface area contributed by atoms with Crippen LogP contribution in [0.25, 0.3) is 0 Å². The molecule has 7 heteroatoms. The fraction of sp³-hybridized carbons (Fsp3) is 0.692. The van der Waals surface area contributed by atoms with Crippen molar-refractivity contribution in [2.24, 2.45) is 0 Å². The van der Waals surface area contributed by atoms with E-state index in [-0.39, 0.29) is 6.04 Å². The first-order valence-corrected chi connectivity index (χ1v) is 9.17. The van der Waals surface area contributed by atoms with Gasteiger partial charge in [0.15, 0.2) is 0 Å². The summed E-state index contributed by atoms with van der Waals surface area (Å²) in [4.78, 5) is 4.50. The van der Waals surface area contributed by atoms with Crippen LogP contribution in [-0.2, 0) is 16.6 Å². The summed E-state index contributed by atoms with van der Waals surface area (Å²) in [6.07, 6.45) is 1.95. The number of likely N-dealkylation sites (N-methyl/N-ethyl adjacent to an activating group) is 1. The van der Waals surface area contributed by atoms with Crippen LogP contribution in [0.1, 0.15) is 22.6 Å². The number of aryl methyl sites for hydroxylation is 1. The number of sulfonamides is 1. The minimum Gasteiger partial charge on any atom is -0.315 e. The predicted molar refractivity (Wildman–Crippen MR) is 82.7 cm³/mol. The summed E-state index contributed by atoms with van der Waals surface area (Å²) in [7, 11) is 0.484. The van der Waals surface area contributed by atoms with Crippen LogP contribution >= 0.6 is 11.3 Å². The van der Waals surface area contributed by atoms with Gasteiger partial charge in [0.05, 0.1) is 4.90 Å². The Morgan fingerprint density at radius 2 is 2.25 bits per heavy atom. The van der Waals surface area contributed by atoms with Crippen molar-refractivity contribution < 1.29 is 8.42 Å². The number of hydrogen-bond acceptors (Lipinski definition) is 5. The molecule has 0 aliphatic carbocycles. The van der Waals surface area contributed by atoms with Gasteiger partial charge in [-0.1, -0.05) is 0 Å². The highest BCUT2D eigenvalue weighted by molar-refractivity contribution is 7.89. The molecule has 1 fully saturated rings. The van der Waals surface area contributed by atoms with E-state index in [0.717, 1.165) is 35.7 Å². The molecule has 0 radical (unpaired) electrons. The molecule has 1 aliphatic rings. The van der Waals surface area contributed by atoms with Crippen LogP contribution < -0.4 is 10.0 Å². The van der Waals surface area contributed by atoms with Gasteiger partial charge in [-0.15, -0.1) is 11.3 Å². The molecule has 2 heterocycles. The van der Waals surface area contributed by atoms with Crippen LogP contribution in [0.4, 0.5) is 0 Å². The van der Waals surface area contributed by atoms with E-state index < -0.39 is 10.0 Å². The van der Waals surface area contributed by atoms with Gasteiger partial charge in [0.1, 0.15) is 0 Å². The number of piperidine rings is 1. The normalized spacial score (nSPS) is 21.2. The molecule has 1 unspecified atom stereocenters. The fourth-order valence-electron chi connectivity index (χ4n) is 2.60. The van der Waals surface area contributed by atoms with Crippen LogP contribution in [0.3, 0.4) is 0 Å². The maximum absolute atomic E-state index is 12.5. The maximum Gasteiger partial charge on any atom is 0.241 e. The first-order valence-electron chi connectivity index (χ1n) is 6.87. The van der Waals surface area contributed by atoms with Gasteiger partial charge >= 0.3 is 0 Å². The Morgan fingerprint density at radius 1 is 1.50 bits per heavy atom. The smallest absolute Gasteiger partial charge is 0.241 e. The van der Waals surface area contributed by atoms with Crippen LogP contribution in [0.15, 0.2) is 11.0 Å². The van der Waals surface area contributed by atoms with Crippen LogP contribution in [0, 0.1) is 6.92 Å². The standard InChI is InChI=1S/C13H23N3O2S2/c1-10-13(7-12(19-10)8-14-2)20(17,18)15-11-5-4-6-16(3)9-11/h7,11,14-15H,4-6,8-9H2,1-3H3. The van der Waals surface area contributed by atoms with Crippen molar-refractivity contribution in [1.29, 1.82) is 0 Å². The van der Waals surface area contributed by atoms with E-state index in [2.05, 4.69) is 14.9 Å². The average Bonchev–Trinajstić information content (AvgIpc) is 2.71. The molecule has 1 saturated heterocycles. The minimum atomic E-state index is -3.41. The zero-order chi connectivity index (χ0) is 14.8. The lowest BCUT2D eigenvalue weighted by Crippen LogP contribution is -2.46. The molecule has 2 N–H and O–H groups in total. The topological polar surface area (TPSA) is 61.4 Å². The number of nitrogens with one attached hydrogen (secondary N) is 2. The first kappa shape index (κ1) is 15.9. The zero-order valence-electron chi connectivity index (χ0n) is 12.3. The Hall–Kier alpha value is -0.470. The van der Waals surface area contributed by atoms with Gasteiger partial charge in [0, 0.05) is 28.9 Å². The molecule has 0 amide bonds. The number of rotatable bonds is 5. The van der Waals surface area contributed by atoms with Gasteiger partial charge < -0.3 is 10.2 Å². The van der Waals surface area contributed by atoms with Crippen molar-refractivity contribution in [1.82, 2.24) is 14.9 Å². The molecule has 0 spiro atoms. The average molecular weight is 317 g/mol. The van der Waals surface area contributed by atoms with Crippen molar-refractivity contribution in [3.05, 3.63) is 15.8 Å². The summed E-state index contributed by atoms with van der Waals surface area (Å²) in [5.74, 6) is 0. The maximum atomic E-state index is 12.5. The van der Waals surface area contributed by atoms with Crippen molar-refractivity contribution in [2.45, 2.75) is 37.2 Å². The summed E-state index contributed by atoms with van der Waals surface area (Å²) in [5.41, 5.74) is 0. The molecule has 1 atom stereocenters. The Kier molecular flexibility index (Phi) is 5.19. The van der Waals surface area contributed by atoms with Crippen molar-refractivity contribution >= 4 is 21.4 Å². The predicted octanol–water partition coefficient (Wildman–Crippen LogP) is 1.15. The third kappa shape index (κ3) is 3.79. The van der Waals surface area contributed by atoms with Gasteiger partial charge in [-0.3, -0.25) is 0 Å². The minimum absolute atomic E-state index is 0.0193. The Morgan fingerprint density at radius 3 is 2.90 bits per heavy atom. The van der Waals surface area contributed by atoms with Crippen molar-refractivity contribution in [2.75, 3.05) is 27.2 Å². The third-order valence-electron chi connectivity index (χ3n) is 3.51. The largest absolute Gasteiger partial charge is 0.315 e. The summed E-state index contributed by atoms with van der Waals surface area (Å²) < 4.78 is 27.9. The SMILES string of the molecule is CNCc1cc(S(=O)(=O)NC2CCCN(C)C2)c(C)s1. The van der Waals surface area contributed by atoms with Gasteiger partial charge in [-0.2, -0.15) is 0 Å². The molecule has 20 heavy (non-hydrogen) atoms. The molecule has 1 aromatic heterocycles. The first-order chi connectivity index (χ1) is 9.42. The quantitative estimate of drug-likeness (QED) is 0.855. The van der Waals surface area contributed by atoms with E-state index in [9.17, 15) is 8.42 Å². The van der Waals surface area contributed by atoms with E-state index >= 15 is 0 Å². The summed E-state index contributed by atoms with van der Waals surface area (Å²) in [5, 5.41) is 3.05. The zero-order valence-corrected chi connectivity index (χ0v) is 13.9. The molecule has 2 rings (SSSR count). The molecular formula is C13H23N3O2S2. The molecule has 0 bridgehead atoms. The molecule has 0 aromatic carbocycles. The van der Waals surface area contributed by atoms with E-state index in [1.54, 1.807) is 6.07 Å². The number of nitrogens with zero attached hydrogens (tertiary/aromatic N) is 1. The van der Waals surface area contributed by atoms with E-state index in [1.807, 2.05) is 21.0 Å². The van der Waals surface area contributed by atoms with Crippen LogP contribution in [-0.4, -0.2) is 46.5 Å². The van der Waals surface area contributed by atoms with Crippen LogP contribution in [0.2, 0.25) is 0 Å². The van der Waals surface area contributed by atoms with Crippen LogP contribution in [0.5, 0.6) is 0 Å².